The van der Waals surface area contributed by atoms with Crippen molar-refractivity contribution < 1.29 is 5.11 Å². The van der Waals surface area contributed by atoms with Crippen molar-refractivity contribution in [1.29, 1.82) is 0 Å². The number of hydrogen-bond donors (Lipinski definition) is 2. The minimum absolute atomic E-state index is 0.140. The summed E-state index contributed by atoms with van der Waals surface area (Å²) in [7, 11) is 2.02. The maximum Gasteiger partial charge on any atom is 0.131 e. The Bertz CT molecular complexity index is 777. The van der Waals surface area contributed by atoms with Crippen molar-refractivity contribution in [3.8, 4) is 11.3 Å². The average Bonchev–Trinajstić information content (AvgIpc) is 2.44. The highest BCUT2D eigenvalue weighted by molar-refractivity contribution is 5.80. The molecule has 5 heteroatoms. The Balaban J connectivity index is 2.17. The lowest BCUT2D eigenvalue weighted by Gasteiger charge is -2.37. The predicted octanol–water partition coefficient (Wildman–Crippen LogP) is 2.77. The van der Waals surface area contributed by atoms with Crippen molar-refractivity contribution in [3.05, 3.63) is 35.7 Å². The Morgan fingerprint density at radius 3 is 2.67 bits per heavy atom. The first-order chi connectivity index (χ1) is 11.1. The molecule has 24 heavy (non-hydrogen) atoms. The topological polar surface area (TPSA) is 75.3 Å². The number of likely N-dealkylation sites (N-methyl/N-ethyl adjacent to an activating group) is 1. The number of benzene rings is 1. The lowest BCUT2D eigenvalue weighted by Crippen LogP contribution is -2.37. The molecule has 0 fully saturated rings. The number of nitrogens with zero attached hydrogens (tertiary/aromatic N) is 3. The van der Waals surface area contributed by atoms with Gasteiger partial charge in [0.15, 0.2) is 0 Å². The van der Waals surface area contributed by atoms with E-state index in [0.717, 1.165) is 28.9 Å². The maximum absolute atomic E-state index is 10.2. The smallest absolute Gasteiger partial charge is 0.131 e. The van der Waals surface area contributed by atoms with Crippen LogP contribution in [-0.2, 0) is 11.8 Å². The Kier molecular flexibility index (Phi) is 3.79. The fraction of sp³-hybridized carbons (Fsp3) is 0.474. The first-order valence-corrected chi connectivity index (χ1v) is 8.27. The molecule has 2 aromatic rings. The molecule has 0 saturated heterocycles. The largest absolute Gasteiger partial charge is 0.389 e. The van der Waals surface area contributed by atoms with Crippen LogP contribution < -0.4 is 10.6 Å². The quantitative estimate of drug-likeness (QED) is 0.907. The molecular weight excluding hydrogens is 300 g/mol. The van der Waals surface area contributed by atoms with E-state index in [0.29, 0.717) is 12.4 Å². The van der Waals surface area contributed by atoms with Gasteiger partial charge >= 0.3 is 0 Å². The molecule has 0 atom stereocenters. The van der Waals surface area contributed by atoms with Crippen LogP contribution >= 0.6 is 0 Å². The lowest BCUT2D eigenvalue weighted by molar-refractivity contribution is 0.0886. The molecule has 1 heterocycles. The van der Waals surface area contributed by atoms with Gasteiger partial charge in [-0.15, -0.1) is 0 Å². The van der Waals surface area contributed by atoms with Gasteiger partial charge in [0.05, 0.1) is 11.3 Å². The molecule has 1 aromatic heterocycles. The number of nitrogen functional groups attached to an aromatic ring is 1. The summed E-state index contributed by atoms with van der Waals surface area (Å²) in [6.45, 7) is 8.57. The van der Waals surface area contributed by atoms with Gasteiger partial charge in [-0.05, 0) is 37.3 Å². The molecule has 3 rings (SSSR count). The second-order valence-corrected chi connectivity index (χ2v) is 8.01. The molecule has 1 aliphatic rings. The van der Waals surface area contributed by atoms with Crippen LogP contribution in [0.3, 0.4) is 0 Å². The Hall–Kier alpha value is -2.14. The summed E-state index contributed by atoms with van der Waals surface area (Å²) in [4.78, 5) is 10.8. The zero-order valence-corrected chi connectivity index (χ0v) is 15.1. The molecule has 0 bridgehead atoms. The molecule has 0 unspecified atom stereocenters. The highest BCUT2D eigenvalue weighted by atomic mass is 16.3. The van der Waals surface area contributed by atoms with E-state index in [1.165, 1.54) is 11.9 Å². The van der Waals surface area contributed by atoms with Crippen LogP contribution in [0.5, 0.6) is 0 Å². The van der Waals surface area contributed by atoms with Gasteiger partial charge in [-0.2, -0.15) is 0 Å². The third-order valence-electron chi connectivity index (χ3n) is 4.61. The molecule has 0 saturated carbocycles. The van der Waals surface area contributed by atoms with E-state index >= 15 is 0 Å². The zero-order valence-electron chi connectivity index (χ0n) is 15.1. The summed E-state index contributed by atoms with van der Waals surface area (Å²) in [6, 6.07) is 6.24. The predicted molar refractivity (Wildman–Crippen MR) is 98.2 cm³/mol. The van der Waals surface area contributed by atoms with Crippen LogP contribution in [0.1, 0.15) is 38.8 Å². The van der Waals surface area contributed by atoms with Gasteiger partial charge < -0.3 is 15.7 Å². The van der Waals surface area contributed by atoms with E-state index in [1.807, 2.05) is 27.0 Å². The summed E-state index contributed by atoms with van der Waals surface area (Å²) in [5.74, 6) is 0.561. The normalized spacial score (nSPS) is 15.6. The third-order valence-corrected chi connectivity index (χ3v) is 4.61. The van der Waals surface area contributed by atoms with E-state index in [9.17, 15) is 5.11 Å². The Labute approximate surface area is 143 Å². The first-order valence-electron chi connectivity index (χ1n) is 8.27. The average molecular weight is 326 g/mol. The van der Waals surface area contributed by atoms with Crippen molar-refractivity contribution >= 4 is 11.5 Å². The van der Waals surface area contributed by atoms with Crippen molar-refractivity contribution in [1.82, 2.24) is 9.97 Å². The summed E-state index contributed by atoms with van der Waals surface area (Å²) < 4.78 is 0. The van der Waals surface area contributed by atoms with E-state index in [2.05, 4.69) is 40.8 Å². The standard InChI is InChI=1S/C19H26N4O/c1-18(2)9-13-12(16-15(18)17(20)22-11-21-16)7-6-8-14(13)23(5)10-19(3,4)24/h6-8,11,24H,9-10H2,1-5H3,(H2,20,21,22). The van der Waals surface area contributed by atoms with Crippen LogP contribution in [0.25, 0.3) is 11.3 Å². The number of aliphatic hydroxyl groups is 1. The maximum atomic E-state index is 10.2. The van der Waals surface area contributed by atoms with Gasteiger partial charge in [0.2, 0.25) is 0 Å². The van der Waals surface area contributed by atoms with Gasteiger partial charge in [0.25, 0.3) is 0 Å². The second kappa shape index (κ2) is 5.45. The van der Waals surface area contributed by atoms with Crippen LogP contribution in [-0.4, -0.2) is 34.3 Å². The lowest BCUT2D eigenvalue weighted by atomic mass is 9.71. The Morgan fingerprint density at radius 1 is 1.29 bits per heavy atom. The molecule has 5 nitrogen and oxygen atoms in total. The first kappa shape index (κ1) is 16.7. The van der Waals surface area contributed by atoms with Gasteiger partial charge in [-0.1, -0.05) is 26.0 Å². The van der Waals surface area contributed by atoms with Gasteiger partial charge in [0.1, 0.15) is 12.1 Å². The number of aromatic nitrogens is 2. The van der Waals surface area contributed by atoms with E-state index in [-0.39, 0.29) is 5.41 Å². The fourth-order valence-electron chi connectivity index (χ4n) is 3.81. The van der Waals surface area contributed by atoms with Crippen LogP contribution in [0.2, 0.25) is 0 Å². The SMILES string of the molecule is CN(CC(C)(C)O)c1cccc2c1CC(C)(C)c1c(N)ncnc1-2. The molecule has 128 valence electrons. The van der Waals surface area contributed by atoms with E-state index in [4.69, 9.17) is 5.73 Å². The Morgan fingerprint density at radius 2 is 2.00 bits per heavy atom. The van der Waals surface area contributed by atoms with Crippen molar-refractivity contribution in [3.63, 3.8) is 0 Å². The minimum atomic E-state index is -0.758. The van der Waals surface area contributed by atoms with Crippen molar-refractivity contribution in [2.75, 3.05) is 24.2 Å². The zero-order chi connectivity index (χ0) is 17.7. The molecule has 0 radical (unpaired) electrons. The van der Waals surface area contributed by atoms with Crippen LogP contribution in [0, 0.1) is 0 Å². The fourth-order valence-corrected chi connectivity index (χ4v) is 3.81. The molecular formula is C19H26N4O. The second-order valence-electron chi connectivity index (χ2n) is 8.01. The number of rotatable bonds is 3. The molecule has 0 spiro atoms. The van der Waals surface area contributed by atoms with E-state index < -0.39 is 5.60 Å². The number of fused-ring (bicyclic) bond motifs is 3. The van der Waals surface area contributed by atoms with Crippen LogP contribution in [0.4, 0.5) is 11.5 Å². The molecule has 3 N–H and O–H groups in total. The molecule has 1 aromatic carbocycles. The van der Waals surface area contributed by atoms with Gasteiger partial charge in [-0.25, -0.2) is 9.97 Å². The highest BCUT2D eigenvalue weighted by Crippen LogP contribution is 2.46. The molecule has 1 aliphatic carbocycles. The van der Waals surface area contributed by atoms with Crippen molar-refractivity contribution in [2.24, 2.45) is 0 Å². The highest BCUT2D eigenvalue weighted by Gasteiger charge is 2.36. The van der Waals surface area contributed by atoms with E-state index in [1.54, 1.807) is 0 Å². The third kappa shape index (κ3) is 2.84. The summed E-state index contributed by atoms with van der Waals surface area (Å²) in [6.07, 6.45) is 2.39. The summed E-state index contributed by atoms with van der Waals surface area (Å²) >= 11 is 0. The molecule has 0 amide bonds. The van der Waals surface area contributed by atoms with Crippen molar-refractivity contribution in [2.45, 2.75) is 45.1 Å². The number of nitrogens with two attached hydrogens (primary N) is 1. The molecule has 0 aliphatic heterocycles. The van der Waals surface area contributed by atoms with Gasteiger partial charge in [0, 0.05) is 30.4 Å². The summed E-state index contributed by atoms with van der Waals surface area (Å²) in [5, 5.41) is 10.2. The summed E-state index contributed by atoms with van der Waals surface area (Å²) in [5.41, 5.74) is 10.7. The van der Waals surface area contributed by atoms with Crippen LogP contribution in [0.15, 0.2) is 24.5 Å². The number of hydrogen-bond acceptors (Lipinski definition) is 5. The monoisotopic (exact) mass is 326 g/mol. The van der Waals surface area contributed by atoms with Gasteiger partial charge in [-0.3, -0.25) is 0 Å². The minimum Gasteiger partial charge on any atom is -0.389 e. The number of anilines is 2.